The average Bonchev–Trinajstić information content (AvgIpc) is 2.90. The first-order valence-corrected chi connectivity index (χ1v) is 8.82. The van der Waals surface area contributed by atoms with Crippen molar-refractivity contribution in [3.8, 4) is 0 Å². The molecule has 1 unspecified atom stereocenters. The van der Waals surface area contributed by atoms with Crippen LogP contribution in [-0.2, 0) is 10.5 Å². The average molecular weight is 341 g/mol. The molecule has 1 atom stereocenters. The van der Waals surface area contributed by atoms with Crippen molar-refractivity contribution in [1.82, 2.24) is 10.2 Å². The van der Waals surface area contributed by atoms with Gasteiger partial charge in [0, 0.05) is 5.69 Å². The fourth-order valence-corrected chi connectivity index (χ4v) is 2.65. The number of aryl methyl sites for hydroxylation is 1. The molecule has 1 N–H and O–H groups in total. The summed E-state index contributed by atoms with van der Waals surface area (Å²) in [5.74, 6) is 0.564. The van der Waals surface area contributed by atoms with Crippen molar-refractivity contribution in [2.45, 2.75) is 30.1 Å². The quantitative estimate of drug-likeness (QED) is 0.811. The summed E-state index contributed by atoms with van der Waals surface area (Å²) in [5.41, 5.74) is 0.960. The molecule has 0 aliphatic heterocycles. The Morgan fingerprint density at radius 1 is 1.45 bits per heavy atom. The minimum atomic E-state index is -0.438. The third kappa shape index (κ3) is 4.48. The summed E-state index contributed by atoms with van der Waals surface area (Å²) in [6.45, 7) is 3.39. The van der Waals surface area contributed by atoms with Crippen LogP contribution in [0.1, 0.15) is 18.4 Å². The summed E-state index contributed by atoms with van der Waals surface area (Å²) in [6, 6.07) is 4.58. The largest absolute Gasteiger partial charge is 0.415 e. The molecule has 5 nitrogen and oxygen atoms in total. The first kappa shape index (κ1) is 16.8. The lowest BCUT2D eigenvalue weighted by atomic mass is 10.2. The molecule has 0 fully saturated rings. The molecular formula is C14H16FN3O2S2. The van der Waals surface area contributed by atoms with E-state index in [1.54, 1.807) is 37.7 Å². The number of nitrogens with one attached hydrogen (secondary N) is 1. The van der Waals surface area contributed by atoms with Crippen molar-refractivity contribution in [3.05, 3.63) is 35.5 Å². The van der Waals surface area contributed by atoms with Crippen LogP contribution in [-0.4, -0.2) is 27.6 Å². The lowest BCUT2D eigenvalue weighted by Crippen LogP contribution is -2.22. The molecule has 0 spiro atoms. The summed E-state index contributed by atoms with van der Waals surface area (Å²) < 4.78 is 18.9. The SMILES string of the molecule is CSCc1nnc(SC(C)C(=O)Nc2ccc(C)c(F)c2)o1. The van der Waals surface area contributed by atoms with Crippen LogP contribution >= 0.6 is 23.5 Å². The molecule has 1 amide bonds. The number of nitrogens with zero attached hydrogens (tertiary/aromatic N) is 2. The summed E-state index contributed by atoms with van der Waals surface area (Å²) in [5, 5.41) is 10.3. The molecule has 2 rings (SSSR count). The smallest absolute Gasteiger partial charge is 0.277 e. The van der Waals surface area contributed by atoms with Crippen molar-refractivity contribution in [3.63, 3.8) is 0 Å². The van der Waals surface area contributed by atoms with Gasteiger partial charge in [-0.2, -0.15) is 11.8 Å². The van der Waals surface area contributed by atoms with Gasteiger partial charge in [0.25, 0.3) is 5.22 Å². The van der Waals surface area contributed by atoms with E-state index < -0.39 is 5.25 Å². The predicted molar refractivity (Wildman–Crippen MR) is 86.6 cm³/mol. The molecule has 0 radical (unpaired) electrons. The van der Waals surface area contributed by atoms with E-state index in [0.29, 0.717) is 28.1 Å². The molecule has 1 aromatic heterocycles. The zero-order valence-corrected chi connectivity index (χ0v) is 14.1. The fraction of sp³-hybridized carbons (Fsp3) is 0.357. The van der Waals surface area contributed by atoms with E-state index in [9.17, 15) is 9.18 Å². The second kappa shape index (κ2) is 7.64. The van der Waals surface area contributed by atoms with Gasteiger partial charge in [-0.1, -0.05) is 17.8 Å². The standard InChI is InChI=1S/C14H16FN3O2S2/c1-8-4-5-10(6-11(8)15)16-13(19)9(2)22-14-18-17-12(20-14)7-21-3/h4-6,9H,7H2,1-3H3,(H,16,19). The number of anilines is 1. The van der Waals surface area contributed by atoms with Crippen molar-refractivity contribution < 1.29 is 13.6 Å². The molecule has 0 saturated carbocycles. The molecule has 2 aromatic rings. The second-order valence-electron chi connectivity index (χ2n) is 4.61. The van der Waals surface area contributed by atoms with E-state index in [0.717, 1.165) is 0 Å². The van der Waals surface area contributed by atoms with Crippen molar-refractivity contribution >= 4 is 35.1 Å². The predicted octanol–water partition coefficient (Wildman–Crippen LogP) is 3.50. The Hall–Kier alpha value is -1.54. The van der Waals surface area contributed by atoms with Gasteiger partial charge in [0.15, 0.2) is 0 Å². The molecule has 0 saturated heterocycles. The van der Waals surface area contributed by atoms with Gasteiger partial charge in [0.2, 0.25) is 11.8 Å². The highest BCUT2D eigenvalue weighted by molar-refractivity contribution is 8.00. The van der Waals surface area contributed by atoms with E-state index in [4.69, 9.17) is 4.42 Å². The van der Waals surface area contributed by atoms with Gasteiger partial charge < -0.3 is 9.73 Å². The van der Waals surface area contributed by atoms with Gasteiger partial charge in [-0.15, -0.1) is 10.2 Å². The third-order valence-electron chi connectivity index (χ3n) is 2.80. The van der Waals surface area contributed by atoms with Gasteiger partial charge in [0.1, 0.15) is 5.82 Å². The van der Waals surface area contributed by atoms with Gasteiger partial charge in [0.05, 0.1) is 11.0 Å². The van der Waals surface area contributed by atoms with Gasteiger partial charge in [-0.3, -0.25) is 4.79 Å². The molecule has 0 aliphatic carbocycles. The van der Waals surface area contributed by atoms with Gasteiger partial charge >= 0.3 is 0 Å². The maximum atomic E-state index is 13.5. The number of halogens is 1. The first-order chi connectivity index (χ1) is 10.5. The lowest BCUT2D eigenvalue weighted by molar-refractivity contribution is -0.115. The molecular weight excluding hydrogens is 325 g/mol. The zero-order chi connectivity index (χ0) is 16.1. The van der Waals surface area contributed by atoms with Crippen molar-refractivity contribution in [1.29, 1.82) is 0 Å². The maximum absolute atomic E-state index is 13.5. The van der Waals surface area contributed by atoms with Crippen LogP contribution in [0, 0.1) is 12.7 Å². The Labute approximate surface area is 136 Å². The minimum Gasteiger partial charge on any atom is -0.415 e. The van der Waals surface area contributed by atoms with Gasteiger partial charge in [-0.25, -0.2) is 4.39 Å². The highest BCUT2D eigenvalue weighted by atomic mass is 32.2. The number of aromatic nitrogens is 2. The lowest BCUT2D eigenvalue weighted by Gasteiger charge is -2.10. The minimum absolute atomic E-state index is 0.252. The van der Waals surface area contributed by atoms with E-state index in [2.05, 4.69) is 15.5 Å². The van der Waals surface area contributed by atoms with E-state index in [1.165, 1.54) is 17.8 Å². The van der Waals surface area contributed by atoms with E-state index in [1.807, 2.05) is 6.26 Å². The molecule has 1 heterocycles. The highest BCUT2D eigenvalue weighted by Crippen LogP contribution is 2.24. The van der Waals surface area contributed by atoms with Crippen LogP contribution in [0.3, 0.4) is 0 Å². The number of carbonyl (C=O) groups is 1. The van der Waals surface area contributed by atoms with Crippen LogP contribution in [0.25, 0.3) is 0 Å². The second-order valence-corrected chi connectivity index (χ2v) is 6.77. The van der Waals surface area contributed by atoms with Crippen LogP contribution in [0.2, 0.25) is 0 Å². The molecule has 1 aromatic carbocycles. The van der Waals surface area contributed by atoms with Crippen molar-refractivity contribution in [2.75, 3.05) is 11.6 Å². The Kier molecular flexibility index (Phi) is 5.84. The zero-order valence-electron chi connectivity index (χ0n) is 12.4. The number of hydrogen-bond acceptors (Lipinski definition) is 6. The molecule has 22 heavy (non-hydrogen) atoms. The number of benzene rings is 1. The first-order valence-electron chi connectivity index (χ1n) is 6.54. The number of amides is 1. The normalized spacial score (nSPS) is 12.2. The Morgan fingerprint density at radius 3 is 2.91 bits per heavy atom. The topological polar surface area (TPSA) is 68.0 Å². The molecule has 118 valence electrons. The summed E-state index contributed by atoms with van der Waals surface area (Å²) in [6.07, 6.45) is 1.94. The highest BCUT2D eigenvalue weighted by Gasteiger charge is 2.18. The van der Waals surface area contributed by atoms with Crippen LogP contribution in [0.15, 0.2) is 27.8 Å². The molecule has 0 aliphatic rings. The van der Waals surface area contributed by atoms with Gasteiger partial charge in [-0.05, 0) is 37.8 Å². The van der Waals surface area contributed by atoms with Crippen LogP contribution in [0.4, 0.5) is 10.1 Å². The molecule has 0 bridgehead atoms. The maximum Gasteiger partial charge on any atom is 0.277 e. The monoisotopic (exact) mass is 341 g/mol. The summed E-state index contributed by atoms with van der Waals surface area (Å²) in [4.78, 5) is 12.1. The molecule has 8 heteroatoms. The van der Waals surface area contributed by atoms with Crippen LogP contribution < -0.4 is 5.32 Å². The Morgan fingerprint density at radius 2 is 2.23 bits per heavy atom. The summed E-state index contributed by atoms with van der Waals surface area (Å²) in [7, 11) is 0. The van der Waals surface area contributed by atoms with Crippen molar-refractivity contribution in [2.24, 2.45) is 0 Å². The Balaban J connectivity index is 1.94. The van der Waals surface area contributed by atoms with Crippen LogP contribution in [0.5, 0.6) is 0 Å². The Bertz CT molecular complexity index is 663. The number of thioether (sulfide) groups is 2. The fourth-order valence-electron chi connectivity index (χ4n) is 1.59. The van der Waals surface area contributed by atoms with E-state index >= 15 is 0 Å². The number of hydrogen-bond donors (Lipinski definition) is 1. The number of rotatable bonds is 6. The summed E-state index contributed by atoms with van der Waals surface area (Å²) >= 11 is 2.75. The number of carbonyl (C=O) groups excluding carboxylic acids is 1. The third-order valence-corrected chi connectivity index (χ3v) is 4.27. The van der Waals surface area contributed by atoms with E-state index in [-0.39, 0.29) is 11.7 Å².